The van der Waals surface area contributed by atoms with E-state index >= 15 is 0 Å². The van der Waals surface area contributed by atoms with E-state index < -0.39 is 10.0 Å². The smallest absolute Gasteiger partial charge is 0.261 e. The maximum Gasteiger partial charge on any atom is 0.261 e. The van der Waals surface area contributed by atoms with Gasteiger partial charge in [-0.1, -0.05) is 39.8 Å². The Hall–Kier alpha value is -2.01. The summed E-state index contributed by atoms with van der Waals surface area (Å²) in [5, 5.41) is 3.36. The normalized spacial score (nSPS) is 13.3. The summed E-state index contributed by atoms with van der Waals surface area (Å²) in [4.78, 5) is 0.266. The molecule has 1 atom stereocenters. The second-order valence-electron chi connectivity index (χ2n) is 7.41. The largest absolute Gasteiger partial charge is 0.383 e. The van der Waals surface area contributed by atoms with E-state index in [4.69, 9.17) is 0 Å². The van der Waals surface area contributed by atoms with Crippen LogP contribution >= 0.6 is 0 Å². The average Bonchev–Trinajstić information content (AvgIpc) is 2.55. The summed E-state index contributed by atoms with van der Waals surface area (Å²) in [5.41, 5.74) is 2.63. The Labute approximate surface area is 151 Å². The second kappa shape index (κ2) is 7.48. The minimum atomic E-state index is -3.59. The Balaban J connectivity index is 2.13. The Morgan fingerprint density at radius 1 is 0.920 bits per heavy atom. The molecule has 0 fully saturated rings. The van der Waals surface area contributed by atoms with E-state index in [1.165, 1.54) is 0 Å². The van der Waals surface area contributed by atoms with Crippen LogP contribution in [0.5, 0.6) is 0 Å². The van der Waals surface area contributed by atoms with Gasteiger partial charge < -0.3 is 5.32 Å². The van der Waals surface area contributed by atoms with Gasteiger partial charge in [0.2, 0.25) is 0 Å². The van der Waals surface area contributed by atoms with Crippen molar-refractivity contribution in [3.05, 3.63) is 54.1 Å². The van der Waals surface area contributed by atoms with E-state index in [0.717, 1.165) is 17.7 Å². The molecule has 136 valence electrons. The highest BCUT2D eigenvalue weighted by atomic mass is 32.2. The molecule has 2 N–H and O–H groups in total. The van der Waals surface area contributed by atoms with Crippen LogP contribution in [0.15, 0.2) is 53.4 Å². The van der Waals surface area contributed by atoms with Crippen molar-refractivity contribution >= 4 is 21.4 Å². The SMILES string of the molecule is CCC(C)Nc1ccc(NS(=O)(=O)c2ccc(C(C)(C)C)cc2)cc1. The van der Waals surface area contributed by atoms with Gasteiger partial charge in [-0.2, -0.15) is 0 Å². The Bertz CT molecular complexity index is 789. The van der Waals surface area contributed by atoms with Gasteiger partial charge in [-0.05, 0) is 60.7 Å². The molecule has 0 amide bonds. The Morgan fingerprint density at radius 3 is 1.92 bits per heavy atom. The third kappa shape index (κ3) is 5.23. The fourth-order valence-electron chi connectivity index (χ4n) is 2.37. The summed E-state index contributed by atoms with van der Waals surface area (Å²) < 4.78 is 27.7. The van der Waals surface area contributed by atoms with Crippen molar-refractivity contribution in [1.82, 2.24) is 0 Å². The fraction of sp³-hybridized carbons (Fsp3) is 0.400. The molecule has 0 aromatic heterocycles. The van der Waals surface area contributed by atoms with Crippen LogP contribution in [0.4, 0.5) is 11.4 Å². The Kier molecular flexibility index (Phi) is 5.78. The lowest BCUT2D eigenvalue weighted by atomic mass is 9.87. The molecule has 0 spiro atoms. The molecule has 5 heteroatoms. The highest BCUT2D eigenvalue weighted by molar-refractivity contribution is 7.92. The molecule has 2 aromatic rings. The third-order valence-corrected chi connectivity index (χ3v) is 5.59. The summed E-state index contributed by atoms with van der Waals surface area (Å²) >= 11 is 0. The topological polar surface area (TPSA) is 58.2 Å². The zero-order chi connectivity index (χ0) is 18.7. The molecule has 0 aliphatic heterocycles. The summed E-state index contributed by atoms with van der Waals surface area (Å²) in [5.74, 6) is 0. The quantitative estimate of drug-likeness (QED) is 0.762. The molecular formula is C20H28N2O2S. The van der Waals surface area contributed by atoms with Gasteiger partial charge in [0.05, 0.1) is 4.90 Å². The molecule has 0 heterocycles. The lowest BCUT2D eigenvalue weighted by Crippen LogP contribution is -2.15. The number of nitrogens with one attached hydrogen (secondary N) is 2. The van der Waals surface area contributed by atoms with Crippen molar-refractivity contribution in [2.45, 2.75) is 57.4 Å². The maximum atomic E-state index is 12.5. The zero-order valence-electron chi connectivity index (χ0n) is 15.6. The van der Waals surface area contributed by atoms with Gasteiger partial charge in [-0.15, -0.1) is 0 Å². The molecule has 0 aliphatic rings. The number of rotatable bonds is 6. The molecule has 1 unspecified atom stereocenters. The van der Waals surface area contributed by atoms with Crippen LogP contribution in [-0.4, -0.2) is 14.5 Å². The van der Waals surface area contributed by atoms with Crippen LogP contribution in [0.2, 0.25) is 0 Å². The van der Waals surface area contributed by atoms with Gasteiger partial charge >= 0.3 is 0 Å². The summed E-state index contributed by atoms with van der Waals surface area (Å²) in [6.07, 6.45) is 1.03. The van der Waals surface area contributed by atoms with Crippen molar-refractivity contribution in [2.75, 3.05) is 10.0 Å². The highest BCUT2D eigenvalue weighted by Crippen LogP contribution is 2.24. The van der Waals surface area contributed by atoms with Crippen LogP contribution in [0.3, 0.4) is 0 Å². The van der Waals surface area contributed by atoms with Crippen molar-refractivity contribution < 1.29 is 8.42 Å². The van der Waals surface area contributed by atoms with Crippen LogP contribution in [0.1, 0.15) is 46.6 Å². The zero-order valence-corrected chi connectivity index (χ0v) is 16.4. The monoisotopic (exact) mass is 360 g/mol. The molecule has 2 aromatic carbocycles. The molecule has 0 radical (unpaired) electrons. The van der Waals surface area contributed by atoms with Crippen molar-refractivity contribution in [3.63, 3.8) is 0 Å². The standard InChI is InChI=1S/C20H28N2O2S/c1-6-15(2)21-17-9-11-18(12-10-17)22-25(23,24)19-13-7-16(8-14-19)20(3,4)5/h7-15,21-22H,6H2,1-5H3. The van der Waals surface area contributed by atoms with Gasteiger partial charge in [0.15, 0.2) is 0 Å². The molecule has 0 bridgehead atoms. The summed E-state index contributed by atoms with van der Waals surface area (Å²) in [6, 6.07) is 14.7. The lowest BCUT2D eigenvalue weighted by molar-refractivity contribution is 0.587. The molecule has 4 nitrogen and oxygen atoms in total. The third-order valence-electron chi connectivity index (χ3n) is 4.19. The van der Waals surface area contributed by atoms with E-state index in [2.05, 4.69) is 44.7 Å². The minimum absolute atomic E-state index is 0.00578. The number of benzene rings is 2. The van der Waals surface area contributed by atoms with Gasteiger partial charge in [-0.25, -0.2) is 8.42 Å². The highest BCUT2D eigenvalue weighted by Gasteiger charge is 2.17. The first-order valence-electron chi connectivity index (χ1n) is 8.62. The summed E-state index contributed by atoms with van der Waals surface area (Å²) in [6.45, 7) is 10.5. The van der Waals surface area contributed by atoms with Gasteiger partial charge in [0.1, 0.15) is 0 Å². The maximum absolute atomic E-state index is 12.5. The van der Waals surface area contributed by atoms with Gasteiger partial charge in [-0.3, -0.25) is 4.72 Å². The van der Waals surface area contributed by atoms with Crippen LogP contribution in [0, 0.1) is 0 Å². The summed E-state index contributed by atoms with van der Waals surface area (Å²) in [7, 11) is -3.59. The number of hydrogen-bond acceptors (Lipinski definition) is 3. The minimum Gasteiger partial charge on any atom is -0.383 e. The first-order valence-corrected chi connectivity index (χ1v) is 10.1. The lowest BCUT2D eigenvalue weighted by Gasteiger charge is -2.19. The van der Waals surface area contributed by atoms with E-state index in [0.29, 0.717) is 11.7 Å². The van der Waals surface area contributed by atoms with Crippen LogP contribution < -0.4 is 10.0 Å². The number of hydrogen-bond donors (Lipinski definition) is 2. The predicted molar refractivity (Wildman–Crippen MR) is 106 cm³/mol. The first-order chi connectivity index (χ1) is 11.6. The van der Waals surface area contributed by atoms with Crippen LogP contribution in [0.25, 0.3) is 0 Å². The van der Waals surface area contributed by atoms with Gasteiger partial charge in [0, 0.05) is 17.4 Å². The number of anilines is 2. The molecule has 0 aliphatic carbocycles. The van der Waals surface area contributed by atoms with Crippen molar-refractivity contribution in [1.29, 1.82) is 0 Å². The predicted octanol–water partition coefficient (Wildman–Crippen LogP) is 5.00. The fourth-order valence-corrected chi connectivity index (χ4v) is 3.43. The van der Waals surface area contributed by atoms with E-state index in [-0.39, 0.29) is 10.3 Å². The van der Waals surface area contributed by atoms with Crippen molar-refractivity contribution in [2.24, 2.45) is 0 Å². The van der Waals surface area contributed by atoms with Gasteiger partial charge in [0.25, 0.3) is 10.0 Å². The average molecular weight is 361 g/mol. The second-order valence-corrected chi connectivity index (χ2v) is 9.09. The Morgan fingerprint density at radius 2 is 1.44 bits per heavy atom. The molecular weight excluding hydrogens is 332 g/mol. The molecule has 25 heavy (non-hydrogen) atoms. The van der Waals surface area contributed by atoms with Crippen molar-refractivity contribution in [3.8, 4) is 0 Å². The van der Waals surface area contributed by atoms with E-state index in [9.17, 15) is 8.42 Å². The van der Waals surface area contributed by atoms with E-state index in [1.807, 2.05) is 24.3 Å². The van der Waals surface area contributed by atoms with Crippen LogP contribution in [-0.2, 0) is 15.4 Å². The first kappa shape index (κ1) is 19.3. The molecule has 0 saturated carbocycles. The number of sulfonamides is 1. The molecule has 0 saturated heterocycles. The van der Waals surface area contributed by atoms with E-state index in [1.54, 1.807) is 24.3 Å². The molecule has 2 rings (SSSR count).